The van der Waals surface area contributed by atoms with Crippen molar-refractivity contribution in [3.05, 3.63) is 151 Å². The molecule has 0 aliphatic rings. The predicted octanol–water partition coefficient (Wildman–Crippen LogP) is 8.75. The molecule has 4 aromatic carbocycles. The van der Waals surface area contributed by atoms with Gasteiger partial charge in [0.05, 0.1) is 5.82 Å². The van der Waals surface area contributed by atoms with E-state index in [-0.39, 0.29) is 20.1 Å². The largest absolute Gasteiger partial charge is 0.304 e. The molecule has 2 heterocycles. The Labute approximate surface area is 250 Å². The fourth-order valence-corrected chi connectivity index (χ4v) is 4.24. The molecule has 0 saturated heterocycles. The van der Waals surface area contributed by atoms with Crippen molar-refractivity contribution in [1.29, 1.82) is 0 Å². The third kappa shape index (κ3) is 7.04. The van der Waals surface area contributed by atoms with Crippen molar-refractivity contribution in [3.8, 4) is 44.9 Å². The Morgan fingerprint density at radius 3 is 1.88 bits per heavy atom. The number of nitrogens with zero attached hydrogens (tertiary/aromatic N) is 3. The Kier molecular flexibility index (Phi) is 9.86. The molecule has 1 radical (unpaired) electrons. The minimum Gasteiger partial charge on any atom is -0.304 e. The summed E-state index contributed by atoms with van der Waals surface area (Å²) in [5, 5.41) is 0. The quantitative estimate of drug-likeness (QED) is 0.173. The van der Waals surface area contributed by atoms with Gasteiger partial charge in [0, 0.05) is 43.8 Å². The first kappa shape index (κ1) is 28.8. The van der Waals surface area contributed by atoms with Gasteiger partial charge in [-0.1, -0.05) is 66.7 Å². The zero-order valence-corrected chi connectivity index (χ0v) is 25.1. The second kappa shape index (κ2) is 13.7. The molecule has 0 spiro atoms. The average Bonchev–Trinajstić information content (AvgIpc) is 3.00. The summed E-state index contributed by atoms with van der Waals surface area (Å²) in [7, 11) is 0. The summed E-state index contributed by atoms with van der Waals surface area (Å²) in [4.78, 5) is 13.5. The summed E-state index contributed by atoms with van der Waals surface area (Å²) in [6, 6.07) is 43.2. The van der Waals surface area contributed by atoms with Gasteiger partial charge in [0.25, 0.3) is 0 Å². The Morgan fingerprint density at radius 2 is 1.23 bits per heavy atom. The van der Waals surface area contributed by atoms with E-state index < -0.39 is 0 Å². The van der Waals surface area contributed by atoms with Gasteiger partial charge in [0.15, 0.2) is 0 Å². The van der Waals surface area contributed by atoms with Crippen LogP contribution in [0.15, 0.2) is 122 Å². The standard InChI is InChI=1S/C18H15N2.C18H14N.Ir/c1-13-12-19-18(20-14(13)2)17-10-6-9-16(11-17)15-7-4-3-5-8-15;1-14-12-18(16-10-6-3-7-11-16)19-13-17(14)15-8-4-2-5-9-15;/h3-9,11-12H,1-2H3;2-10,12-13H,1H3;/q2*-1;. The SMILES string of the molecule is Cc1cc(-c2[c-]cccc2)ncc1-c1ccccc1.Cc1cnc(-c2[c-]ccc(-c3ccccc3)c2)nc1C.[Ir]. The van der Waals surface area contributed by atoms with Gasteiger partial charge in [0.2, 0.25) is 0 Å². The van der Waals surface area contributed by atoms with Gasteiger partial charge >= 0.3 is 0 Å². The zero-order valence-electron chi connectivity index (χ0n) is 22.7. The normalized spacial score (nSPS) is 10.2. The number of aromatic nitrogens is 3. The molecular weight excluding hydrogens is 667 g/mol. The number of pyridine rings is 1. The smallest absolute Gasteiger partial charge is 0.0751 e. The van der Waals surface area contributed by atoms with E-state index in [4.69, 9.17) is 0 Å². The van der Waals surface area contributed by atoms with Crippen LogP contribution in [0.2, 0.25) is 0 Å². The Morgan fingerprint density at radius 1 is 0.550 bits per heavy atom. The van der Waals surface area contributed by atoms with E-state index in [1.54, 1.807) is 0 Å². The molecule has 4 heteroatoms. The molecule has 0 fully saturated rings. The van der Waals surface area contributed by atoms with Gasteiger partial charge in [-0.2, -0.15) is 0 Å². The molecule has 0 atom stereocenters. The first-order valence-corrected chi connectivity index (χ1v) is 13.0. The van der Waals surface area contributed by atoms with Crippen LogP contribution >= 0.6 is 0 Å². The topological polar surface area (TPSA) is 38.7 Å². The maximum Gasteiger partial charge on any atom is 0.0751 e. The molecular formula is C36H29IrN3-2. The Bertz CT molecular complexity index is 1670. The summed E-state index contributed by atoms with van der Waals surface area (Å²) < 4.78 is 0. The van der Waals surface area contributed by atoms with Crippen LogP contribution in [-0.4, -0.2) is 15.0 Å². The van der Waals surface area contributed by atoms with Crippen LogP contribution in [0.25, 0.3) is 44.9 Å². The van der Waals surface area contributed by atoms with Gasteiger partial charge in [-0.3, -0.25) is 9.97 Å². The van der Waals surface area contributed by atoms with Crippen molar-refractivity contribution in [2.45, 2.75) is 20.8 Å². The molecule has 3 nitrogen and oxygen atoms in total. The monoisotopic (exact) mass is 696 g/mol. The average molecular weight is 696 g/mol. The maximum absolute atomic E-state index is 4.55. The van der Waals surface area contributed by atoms with E-state index in [1.165, 1.54) is 22.3 Å². The second-order valence-corrected chi connectivity index (χ2v) is 9.35. The third-order valence-corrected chi connectivity index (χ3v) is 6.55. The number of benzene rings is 4. The molecule has 0 aliphatic heterocycles. The van der Waals surface area contributed by atoms with Gasteiger partial charge in [-0.25, -0.2) is 0 Å². The van der Waals surface area contributed by atoms with Crippen LogP contribution in [0.1, 0.15) is 16.8 Å². The van der Waals surface area contributed by atoms with Crippen molar-refractivity contribution in [2.24, 2.45) is 0 Å². The molecule has 0 N–H and O–H groups in total. The van der Waals surface area contributed by atoms with Gasteiger partial charge in [0.1, 0.15) is 0 Å². The Balaban J connectivity index is 0.000000181. The van der Waals surface area contributed by atoms with Crippen LogP contribution in [0.5, 0.6) is 0 Å². The maximum atomic E-state index is 4.55. The number of aryl methyl sites for hydroxylation is 3. The molecule has 6 rings (SSSR count). The first-order valence-electron chi connectivity index (χ1n) is 13.0. The molecule has 0 amide bonds. The van der Waals surface area contributed by atoms with Gasteiger partial charge < -0.3 is 4.98 Å². The summed E-state index contributed by atoms with van der Waals surface area (Å²) >= 11 is 0. The molecule has 40 heavy (non-hydrogen) atoms. The number of rotatable bonds is 4. The van der Waals surface area contributed by atoms with Gasteiger partial charge in [-0.05, 0) is 48.7 Å². The molecule has 0 saturated carbocycles. The minimum atomic E-state index is 0. The third-order valence-electron chi connectivity index (χ3n) is 6.55. The van der Waals surface area contributed by atoms with Crippen LogP contribution in [-0.2, 0) is 20.1 Å². The summed E-state index contributed by atoms with van der Waals surface area (Å²) in [6.45, 7) is 6.14. The predicted molar refractivity (Wildman–Crippen MR) is 160 cm³/mol. The van der Waals surface area contributed by atoms with E-state index in [2.05, 4.69) is 76.5 Å². The fourth-order valence-electron chi connectivity index (χ4n) is 4.24. The second-order valence-electron chi connectivity index (χ2n) is 9.35. The zero-order chi connectivity index (χ0) is 27.0. The van der Waals surface area contributed by atoms with E-state index in [9.17, 15) is 0 Å². The van der Waals surface area contributed by atoms with E-state index in [1.807, 2.05) is 93.0 Å². The molecule has 0 bridgehead atoms. The Hall–Kier alpha value is -4.24. The fraction of sp³-hybridized carbons (Fsp3) is 0.0833. The van der Waals surface area contributed by atoms with Crippen molar-refractivity contribution in [2.75, 3.05) is 0 Å². The molecule has 0 unspecified atom stereocenters. The van der Waals surface area contributed by atoms with Crippen LogP contribution < -0.4 is 0 Å². The molecule has 0 aliphatic carbocycles. The van der Waals surface area contributed by atoms with Crippen molar-refractivity contribution >= 4 is 0 Å². The minimum absolute atomic E-state index is 0. The van der Waals surface area contributed by atoms with Crippen molar-refractivity contribution in [1.82, 2.24) is 15.0 Å². The molecule has 6 aromatic rings. The van der Waals surface area contributed by atoms with E-state index in [0.29, 0.717) is 0 Å². The van der Waals surface area contributed by atoms with E-state index in [0.717, 1.165) is 39.5 Å². The first-order chi connectivity index (χ1) is 19.1. The summed E-state index contributed by atoms with van der Waals surface area (Å²) in [5.74, 6) is 0.728. The number of hydrogen-bond donors (Lipinski definition) is 0. The van der Waals surface area contributed by atoms with Crippen LogP contribution in [0.3, 0.4) is 0 Å². The van der Waals surface area contributed by atoms with Crippen molar-refractivity contribution in [3.63, 3.8) is 0 Å². The van der Waals surface area contributed by atoms with Crippen molar-refractivity contribution < 1.29 is 20.1 Å². The summed E-state index contributed by atoms with van der Waals surface area (Å²) in [5.41, 5.74) is 11.0. The van der Waals surface area contributed by atoms with E-state index >= 15 is 0 Å². The molecule has 2 aromatic heterocycles. The summed E-state index contributed by atoms with van der Waals surface area (Å²) in [6.07, 6.45) is 3.81. The van der Waals surface area contributed by atoms with Crippen LogP contribution in [0, 0.1) is 32.9 Å². The van der Waals surface area contributed by atoms with Crippen LogP contribution in [0.4, 0.5) is 0 Å². The molecule has 199 valence electrons. The van der Waals surface area contributed by atoms with Gasteiger partial charge in [-0.15, -0.1) is 71.3 Å². The number of hydrogen-bond acceptors (Lipinski definition) is 3.